The molecule has 1 unspecified atom stereocenters. The van der Waals surface area contributed by atoms with Crippen LogP contribution in [-0.2, 0) is 0 Å². The van der Waals surface area contributed by atoms with E-state index in [1.165, 1.54) is 0 Å². The molecule has 1 aromatic rings. The number of benzene rings is 1. The Hall–Kier alpha value is -0.340. The summed E-state index contributed by atoms with van der Waals surface area (Å²) < 4.78 is 1.07. The Morgan fingerprint density at radius 2 is 1.93 bits per heavy atom. The van der Waals surface area contributed by atoms with E-state index in [0.717, 1.165) is 28.4 Å². The predicted octanol–water partition coefficient (Wildman–Crippen LogP) is 4.23. The molecule has 15 heavy (non-hydrogen) atoms. The molecular weight excluding hydrogens is 252 g/mol. The van der Waals surface area contributed by atoms with Crippen molar-refractivity contribution in [1.82, 2.24) is 0 Å². The van der Waals surface area contributed by atoms with Gasteiger partial charge in [-0.3, -0.25) is 0 Å². The van der Waals surface area contributed by atoms with Crippen molar-refractivity contribution in [2.24, 2.45) is 5.92 Å². The Labute approximate surface area is 101 Å². The number of hydrogen-bond donors (Lipinski definition) is 1. The van der Waals surface area contributed by atoms with Gasteiger partial charge in [0.2, 0.25) is 0 Å². The fraction of sp³-hybridized carbons (Fsp3) is 0.538. The first-order valence-electron chi connectivity index (χ1n) is 5.45. The molecule has 0 amide bonds. The molecule has 0 aliphatic carbocycles. The minimum absolute atomic E-state index is 0.319. The van der Waals surface area contributed by atoms with Crippen LogP contribution in [0.25, 0.3) is 0 Å². The largest absolute Gasteiger partial charge is 0.388 e. The lowest BCUT2D eigenvalue weighted by atomic mass is 9.97. The van der Waals surface area contributed by atoms with Gasteiger partial charge in [-0.05, 0) is 48.9 Å². The van der Waals surface area contributed by atoms with Crippen LogP contribution < -0.4 is 0 Å². The Kier molecular flexibility index (Phi) is 4.81. The predicted molar refractivity (Wildman–Crippen MR) is 67.9 cm³/mol. The first-order chi connectivity index (χ1) is 7.00. The lowest BCUT2D eigenvalue weighted by molar-refractivity contribution is 0.158. The maximum absolute atomic E-state index is 10.0. The lowest BCUT2D eigenvalue weighted by Crippen LogP contribution is -2.02. The van der Waals surface area contributed by atoms with Crippen molar-refractivity contribution >= 4 is 15.9 Å². The molecule has 1 atom stereocenters. The van der Waals surface area contributed by atoms with Crippen LogP contribution in [0.1, 0.15) is 43.9 Å². The third kappa shape index (κ3) is 3.96. The Morgan fingerprint density at radius 1 is 1.27 bits per heavy atom. The van der Waals surface area contributed by atoms with Crippen LogP contribution in [0.2, 0.25) is 0 Å². The van der Waals surface area contributed by atoms with Gasteiger partial charge in [0.25, 0.3) is 0 Å². The van der Waals surface area contributed by atoms with E-state index in [1.54, 1.807) is 0 Å². The number of hydrogen-bond acceptors (Lipinski definition) is 1. The molecule has 84 valence electrons. The van der Waals surface area contributed by atoms with Gasteiger partial charge in [0.05, 0.1) is 6.10 Å². The normalized spacial score (nSPS) is 13.2. The maximum atomic E-state index is 10.0. The summed E-state index contributed by atoms with van der Waals surface area (Å²) in [6.45, 7) is 6.40. The molecule has 0 fully saturated rings. The van der Waals surface area contributed by atoms with E-state index >= 15 is 0 Å². The quantitative estimate of drug-likeness (QED) is 0.869. The van der Waals surface area contributed by atoms with E-state index in [4.69, 9.17) is 0 Å². The lowest BCUT2D eigenvalue weighted by Gasteiger charge is -2.15. The van der Waals surface area contributed by atoms with E-state index in [2.05, 4.69) is 29.8 Å². The minimum atomic E-state index is -0.319. The van der Waals surface area contributed by atoms with Gasteiger partial charge in [-0.25, -0.2) is 0 Å². The highest BCUT2D eigenvalue weighted by atomic mass is 79.9. The maximum Gasteiger partial charge on any atom is 0.0792 e. The SMILES string of the molecule is Cc1cc(Br)ccc1C(O)CCC(C)C. The number of aliphatic hydroxyl groups excluding tert-OH is 1. The molecule has 0 aromatic heterocycles. The molecule has 2 heteroatoms. The van der Waals surface area contributed by atoms with E-state index in [-0.39, 0.29) is 6.10 Å². The van der Waals surface area contributed by atoms with Crippen LogP contribution >= 0.6 is 15.9 Å². The van der Waals surface area contributed by atoms with Gasteiger partial charge < -0.3 is 5.11 Å². The minimum Gasteiger partial charge on any atom is -0.388 e. The van der Waals surface area contributed by atoms with Crippen LogP contribution in [0.5, 0.6) is 0 Å². The van der Waals surface area contributed by atoms with Crippen molar-refractivity contribution in [1.29, 1.82) is 0 Å². The van der Waals surface area contributed by atoms with Gasteiger partial charge in [-0.15, -0.1) is 0 Å². The summed E-state index contributed by atoms with van der Waals surface area (Å²) >= 11 is 3.43. The zero-order valence-electron chi connectivity index (χ0n) is 9.63. The third-order valence-electron chi connectivity index (χ3n) is 2.61. The summed E-state index contributed by atoms with van der Waals surface area (Å²) in [7, 11) is 0. The van der Waals surface area contributed by atoms with Gasteiger partial charge in [0.1, 0.15) is 0 Å². The molecule has 0 saturated carbocycles. The molecule has 0 spiro atoms. The highest BCUT2D eigenvalue weighted by Crippen LogP contribution is 2.25. The molecular formula is C13H19BrO. The van der Waals surface area contributed by atoms with Crippen LogP contribution in [0.4, 0.5) is 0 Å². The van der Waals surface area contributed by atoms with E-state index in [0.29, 0.717) is 5.92 Å². The van der Waals surface area contributed by atoms with Crippen LogP contribution in [0, 0.1) is 12.8 Å². The number of aryl methyl sites for hydroxylation is 1. The van der Waals surface area contributed by atoms with Crippen LogP contribution in [0.3, 0.4) is 0 Å². The highest BCUT2D eigenvalue weighted by Gasteiger charge is 2.10. The second-order valence-electron chi connectivity index (χ2n) is 4.49. The van der Waals surface area contributed by atoms with Crippen molar-refractivity contribution in [3.63, 3.8) is 0 Å². The molecule has 1 aromatic carbocycles. The Morgan fingerprint density at radius 3 is 2.47 bits per heavy atom. The summed E-state index contributed by atoms with van der Waals surface area (Å²) in [6.07, 6.45) is 1.59. The summed E-state index contributed by atoms with van der Waals surface area (Å²) in [5.41, 5.74) is 2.21. The summed E-state index contributed by atoms with van der Waals surface area (Å²) in [6, 6.07) is 6.04. The number of halogens is 1. The van der Waals surface area contributed by atoms with Gasteiger partial charge >= 0.3 is 0 Å². The number of rotatable bonds is 4. The molecule has 0 heterocycles. The molecule has 0 aliphatic rings. The zero-order chi connectivity index (χ0) is 11.4. The second kappa shape index (κ2) is 5.66. The molecule has 0 radical (unpaired) electrons. The van der Waals surface area contributed by atoms with E-state index < -0.39 is 0 Å². The molecule has 0 bridgehead atoms. The number of aliphatic hydroxyl groups is 1. The zero-order valence-corrected chi connectivity index (χ0v) is 11.2. The highest BCUT2D eigenvalue weighted by molar-refractivity contribution is 9.10. The second-order valence-corrected chi connectivity index (χ2v) is 5.40. The monoisotopic (exact) mass is 270 g/mol. The van der Waals surface area contributed by atoms with Gasteiger partial charge in [0.15, 0.2) is 0 Å². The average Bonchev–Trinajstić information content (AvgIpc) is 2.14. The molecule has 1 N–H and O–H groups in total. The van der Waals surface area contributed by atoms with Crippen molar-refractivity contribution < 1.29 is 5.11 Å². The summed E-state index contributed by atoms with van der Waals surface area (Å²) in [5.74, 6) is 0.649. The molecule has 1 rings (SSSR count). The van der Waals surface area contributed by atoms with Crippen molar-refractivity contribution in [3.05, 3.63) is 33.8 Å². The summed E-state index contributed by atoms with van der Waals surface area (Å²) in [4.78, 5) is 0. The van der Waals surface area contributed by atoms with E-state index in [1.807, 2.05) is 25.1 Å². The topological polar surface area (TPSA) is 20.2 Å². The molecule has 0 aliphatic heterocycles. The first kappa shape index (κ1) is 12.7. The van der Waals surface area contributed by atoms with Crippen LogP contribution in [0.15, 0.2) is 22.7 Å². The van der Waals surface area contributed by atoms with Crippen molar-refractivity contribution in [2.75, 3.05) is 0 Å². The standard InChI is InChI=1S/C13H19BrO/c1-9(2)4-7-13(15)12-6-5-11(14)8-10(12)3/h5-6,8-9,13,15H,4,7H2,1-3H3. The fourth-order valence-electron chi connectivity index (χ4n) is 1.66. The average molecular weight is 271 g/mol. The molecule has 0 saturated heterocycles. The smallest absolute Gasteiger partial charge is 0.0792 e. The van der Waals surface area contributed by atoms with Gasteiger partial charge in [-0.2, -0.15) is 0 Å². The van der Waals surface area contributed by atoms with Gasteiger partial charge in [-0.1, -0.05) is 35.8 Å². The summed E-state index contributed by atoms with van der Waals surface area (Å²) in [5, 5.41) is 10.0. The van der Waals surface area contributed by atoms with Crippen LogP contribution in [-0.4, -0.2) is 5.11 Å². The van der Waals surface area contributed by atoms with Gasteiger partial charge in [0, 0.05) is 4.47 Å². The Balaban J connectivity index is 2.69. The Bertz CT molecular complexity index is 320. The first-order valence-corrected chi connectivity index (χ1v) is 6.24. The van der Waals surface area contributed by atoms with E-state index in [9.17, 15) is 5.11 Å². The molecule has 1 nitrogen and oxygen atoms in total. The third-order valence-corrected chi connectivity index (χ3v) is 3.10. The van der Waals surface area contributed by atoms with Crippen molar-refractivity contribution in [2.45, 2.75) is 39.7 Å². The fourth-order valence-corrected chi connectivity index (χ4v) is 2.14. The van der Waals surface area contributed by atoms with Crippen molar-refractivity contribution in [3.8, 4) is 0 Å².